The summed E-state index contributed by atoms with van der Waals surface area (Å²) >= 11 is 0. The Morgan fingerprint density at radius 2 is 1.66 bits per heavy atom. The van der Waals surface area contributed by atoms with E-state index in [4.69, 9.17) is 24.9 Å². The molecule has 0 unspecified atom stereocenters. The Morgan fingerprint density at radius 1 is 0.929 bits per heavy atom. The molecular weight excluding hydrogens is 715 g/mol. The fourth-order valence-electron chi connectivity index (χ4n) is 6.82. The molecule has 0 radical (unpaired) electrons. The number of nitrogens with zero attached hydrogens (tertiary/aromatic N) is 5. The molecule has 304 valence electrons. The Balaban J connectivity index is 1.12. The van der Waals surface area contributed by atoms with E-state index in [2.05, 4.69) is 57.4 Å². The number of hydrogen-bond acceptors (Lipinski definition) is 11. The highest BCUT2D eigenvalue weighted by Gasteiger charge is 2.21. The van der Waals surface area contributed by atoms with Gasteiger partial charge < -0.3 is 40.5 Å². The van der Waals surface area contributed by atoms with E-state index in [0.717, 1.165) is 84.7 Å². The van der Waals surface area contributed by atoms with Crippen molar-refractivity contribution < 1.29 is 23.8 Å². The highest BCUT2D eigenvalue weighted by atomic mass is 16.5. The number of fused-ring (bicyclic) bond motifs is 1. The Kier molecular flexibility index (Phi) is 16.4. The number of aromatic amines is 1. The van der Waals surface area contributed by atoms with Gasteiger partial charge in [-0.15, -0.1) is 0 Å². The van der Waals surface area contributed by atoms with Gasteiger partial charge in [0, 0.05) is 93.2 Å². The summed E-state index contributed by atoms with van der Waals surface area (Å²) in [6, 6.07) is 10.1. The van der Waals surface area contributed by atoms with Gasteiger partial charge in [0.2, 0.25) is 5.91 Å². The van der Waals surface area contributed by atoms with Crippen molar-refractivity contribution in [1.82, 2.24) is 35.3 Å². The second kappa shape index (κ2) is 21.6. The minimum absolute atomic E-state index is 0.0237. The van der Waals surface area contributed by atoms with Crippen molar-refractivity contribution in [3.05, 3.63) is 75.5 Å². The number of pyridine rings is 2. The number of anilines is 1. The molecule has 2 amide bonds. The van der Waals surface area contributed by atoms with Crippen molar-refractivity contribution in [2.75, 3.05) is 90.4 Å². The molecule has 0 atom stereocenters. The molecule has 4 heterocycles. The van der Waals surface area contributed by atoms with Gasteiger partial charge in [-0.3, -0.25) is 24.0 Å². The number of piperazine rings is 1. The molecule has 1 aliphatic rings. The first-order valence-electron chi connectivity index (χ1n) is 19.8. The van der Waals surface area contributed by atoms with Gasteiger partial charge in [0.15, 0.2) is 0 Å². The summed E-state index contributed by atoms with van der Waals surface area (Å²) in [4.78, 5) is 51.3. The van der Waals surface area contributed by atoms with Crippen LogP contribution in [0.15, 0.2) is 47.5 Å². The van der Waals surface area contributed by atoms with Gasteiger partial charge in [-0.2, -0.15) is 5.10 Å². The standard InChI is InChI=1S/C41H59N9O6/c1-5-6-31-23-30(4)47-41(53)35(31)27-45-40(52)34-24-33(25-37-36(34)28-46-50(37)29(2)3)32-7-8-38(44-26-32)49-15-13-48(14-16-49)12-11-43-39(51)9-17-54-19-21-56-22-20-55-18-10-42/h7-8,23-26,28-29H,5-6,9-22,27,42H2,1-4H3,(H,43,51)(H,45,52)(H,47,53). The third kappa shape index (κ3) is 11.9. The van der Waals surface area contributed by atoms with Gasteiger partial charge in [0.1, 0.15) is 5.82 Å². The number of rotatable bonds is 22. The smallest absolute Gasteiger partial charge is 0.253 e. The maximum Gasteiger partial charge on any atom is 0.253 e. The first kappa shape index (κ1) is 42.5. The molecule has 5 N–H and O–H groups in total. The Bertz CT molecular complexity index is 1920. The fourth-order valence-corrected chi connectivity index (χ4v) is 6.82. The number of carbonyl (C=O) groups is 2. The number of H-pyrrole nitrogens is 1. The summed E-state index contributed by atoms with van der Waals surface area (Å²) in [5.41, 5.74) is 10.6. The summed E-state index contributed by atoms with van der Waals surface area (Å²) in [5.74, 6) is 0.603. The average molecular weight is 774 g/mol. The predicted molar refractivity (Wildman–Crippen MR) is 218 cm³/mol. The SMILES string of the molecule is CCCc1cc(C)[nH]c(=O)c1CNC(=O)c1cc(-c2ccc(N3CCN(CCNC(=O)CCOCCOCCOCCN)CC3)nc2)cc2c1cnn2C(C)C. The van der Waals surface area contributed by atoms with Crippen LogP contribution in [0.2, 0.25) is 0 Å². The van der Waals surface area contributed by atoms with Crippen molar-refractivity contribution >= 4 is 28.5 Å². The van der Waals surface area contributed by atoms with Crippen LogP contribution < -0.4 is 26.8 Å². The van der Waals surface area contributed by atoms with Gasteiger partial charge >= 0.3 is 0 Å². The molecule has 1 fully saturated rings. The van der Waals surface area contributed by atoms with E-state index in [-0.39, 0.29) is 30.0 Å². The Hall–Kier alpha value is -4.67. The third-order valence-electron chi connectivity index (χ3n) is 9.77. The molecule has 1 aromatic carbocycles. The molecule has 56 heavy (non-hydrogen) atoms. The van der Waals surface area contributed by atoms with Crippen LogP contribution >= 0.6 is 0 Å². The highest BCUT2D eigenvalue weighted by molar-refractivity contribution is 6.08. The normalized spacial score (nSPS) is 13.5. The molecule has 15 heteroatoms. The fraction of sp³-hybridized carbons (Fsp3) is 0.537. The lowest BCUT2D eigenvalue weighted by molar-refractivity contribution is -0.122. The maximum atomic E-state index is 13.8. The van der Waals surface area contributed by atoms with Crippen molar-refractivity contribution in [2.45, 2.75) is 59.5 Å². The minimum Gasteiger partial charge on any atom is -0.379 e. The van der Waals surface area contributed by atoms with E-state index in [1.54, 1.807) is 6.20 Å². The largest absolute Gasteiger partial charge is 0.379 e. The number of nitrogens with two attached hydrogens (primary N) is 1. The summed E-state index contributed by atoms with van der Waals surface area (Å²) in [6.45, 7) is 16.2. The van der Waals surface area contributed by atoms with Crippen LogP contribution in [0.5, 0.6) is 0 Å². The van der Waals surface area contributed by atoms with Crippen LogP contribution in [-0.2, 0) is 32.0 Å². The molecule has 0 aliphatic carbocycles. The van der Waals surface area contributed by atoms with E-state index in [1.807, 2.05) is 42.1 Å². The summed E-state index contributed by atoms with van der Waals surface area (Å²) < 4.78 is 18.1. The van der Waals surface area contributed by atoms with Gasteiger partial charge in [0.25, 0.3) is 11.5 Å². The second-order valence-corrected chi connectivity index (χ2v) is 14.3. The van der Waals surface area contributed by atoms with Crippen LogP contribution in [-0.4, -0.2) is 122 Å². The van der Waals surface area contributed by atoms with E-state index < -0.39 is 0 Å². The van der Waals surface area contributed by atoms with Gasteiger partial charge in [-0.1, -0.05) is 13.3 Å². The van der Waals surface area contributed by atoms with Crippen molar-refractivity contribution in [1.29, 1.82) is 0 Å². The quantitative estimate of drug-likeness (QED) is 0.0862. The summed E-state index contributed by atoms with van der Waals surface area (Å²) in [6.07, 6.45) is 5.57. The van der Waals surface area contributed by atoms with Crippen LogP contribution in [0.3, 0.4) is 0 Å². The zero-order valence-electron chi connectivity index (χ0n) is 33.4. The van der Waals surface area contributed by atoms with Crippen molar-refractivity contribution in [3.63, 3.8) is 0 Å². The maximum absolute atomic E-state index is 13.8. The second-order valence-electron chi connectivity index (χ2n) is 14.3. The number of benzene rings is 1. The van der Waals surface area contributed by atoms with Crippen molar-refractivity contribution in [2.24, 2.45) is 5.73 Å². The molecule has 5 rings (SSSR count). The van der Waals surface area contributed by atoms with E-state index in [0.29, 0.717) is 70.3 Å². The zero-order chi connectivity index (χ0) is 39.9. The molecule has 4 aromatic rings. The number of nitrogens with one attached hydrogen (secondary N) is 3. The number of aromatic nitrogens is 4. The predicted octanol–water partition coefficient (Wildman–Crippen LogP) is 3.20. The molecule has 3 aromatic heterocycles. The first-order valence-corrected chi connectivity index (χ1v) is 19.8. The van der Waals surface area contributed by atoms with E-state index in [9.17, 15) is 14.4 Å². The highest BCUT2D eigenvalue weighted by Crippen LogP contribution is 2.30. The Labute approximate surface area is 329 Å². The molecule has 1 saturated heterocycles. The first-order chi connectivity index (χ1) is 27.2. The lowest BCUT2D eigenvalue weighted by atomic mass is 10.00. The van der Waals surface area contributed by atoms with Crippen molar-refractivity contribution in [3.8, 4) is 11.1 Å². The molecule has 0 spiro atoms. The van der Waals surface area contributed by atoms with Gasteiger partial charge in [0.05, 0.1) is 56.9 Å². The van der Waals surface area contributed by atoms with Gasteiger partial charge in [-0.25, -0.2) is 4.98 Å². The number of amides is 2. The summed E-state index contributed by atoms with van der Waals surface area (Å²) in [7, 11) is 0. The monoisotopic (exact) mass is 773 g/mol. The van der Waals surface area contributed by atoms with Crippen LogP contribution in [0.4, 0.5) is 5.82 Å². The molecule has 0 saturated carbocycles. The van der Waals surface area contributed by atoms with Gasteiger partial charge in [-0.05, 0) is 68.7 Å². The molecule has 15 nitrogen and oxygen atoms in total. The lowest BCUT2D eigenvalue weighted by Crippen LogP contribution is -2.48. The van der Waals surface area contributed by atoms with E-state index >= 15 is 0 Å². The summed E-state index contributed by atoms with van der Waals surface area (Å²) in [5, 5.41) is 11.4. The zero-order valence-corrected chi connectivity index (χ0v) is 33.4. The lowest BCUT2D eigenvalue weighted by Gasteiger charge is -2.35. The molecule has 1 aliphatic heterocycles. The van der Waals surface area contributed by atoms with Crippen LogP contribution in [0.25, 0.3) is 22.0 Å². The average Bonchev–Trinajstić information content (AvgIpc) is 3.63. The molecular formula is C41H59N9O6. The minimum atomic E-state index is -0.267. The third-order valence-corrected chi connectivity index (χ3v) is 9.77. The Morgan fingerprint density at radius 3 is 2.34 bits per heavy atom. The number of hydrogen-bond donors (Lipinski definition) is 4. The van der Waals surface area contributed by atoms with E-state index in [1.165, 1.54) is 0 Å². The van der Waals surface area contributed by atoms with Crippen LogP contribution in [0.1, 0.15) is 66.8 Å². The molecule has 0 bridgehead atoms. The number of carbonyl (C=O) groups excluding carboxylic acids is 2. The number of ether oxygens (including phenoxy) is 3. The van der Waals surface area contributed by atoms with Crippen LogP contribution in [0, 0.1) is 6.92 Å². The number of aryl methyl sites for hydroxylation is 2. The topological polar surface area (TPSA) is 182 Å².